The summed E-state index contributed by atoms with van der Waals surface area (Å²) < 4.78 is 85.9. The van der Waals surface area contributed by atoms with E-state index in [1.165, 1.54) is 13.2 Å². The number of aliphatic hydroxyl groups is 1. The van der Waals surface area contributed by atoms with Gasteiger partial charge in [-0.25, -0.2) is 0 Å². The molecule has 0 aliphatic carbocycles. The predicted molar refractivity (Wildman–Crippen MR) is 196 cm³/mol. The van der Waals surface area contributed by atoms with Gasteiger partial charge in [-0.05, 0) is 0 Å². The van der Waals surface area contributed by atoms with E-state index in [-0.39, 0.29) is 6.61 Å². The average Bonchev–Trinajstić information content (AvgIpc) is 3.16. The molecular weight excluding hydrogens is 840 g/mol. The van der Waals surface area contributed by atoms with Gasteiger partial charge in [-0.15, -0.1) is 6.58 Å². The minimum Gasteiger partial charge on any atom is -0.463 e. The molecule has 1 N–H and O–H groups in total. The quantitative estimate of drug-likeness (QED) is 0.0910. The summed E-state index contributed by atoms with van der Waals surface area (Å²) in [5, 5.41) is 10.4. The molecule has 0 aromatic heterocycles. The lowest BCUT2D eigenvalue weighted by Gasteiger charge is -2.49. The van der Waals surface area contributed by atoms with Gasteiger partial charge >= 0.3 is 47.8 Å². The molecule has 0 amide bonds. The van der Waals surface area contributed by atoms with Crippen molar-refractivity contribution >= 4 is 47.8 Å². The van der Waals surface area contributed by atoms with Crippen LogP contribution in [0.4, 0.5) is 0 Å². The number of methoxy groups -OCH3 is 1. The third-order valence-corrected chi connectivity index (χ3v) is 8.87. The van der Waals surface area contributed by atoms with Crippen molar-refractivity contribution in [1.82, 2.24) is 0 Å². The summed E-state index contributed by atoms with van der Waals surface area (Å²) in [6.45, 7) is 9.77. The van der Waals surface area contributed by atoms with Crippen LogP contribution in [-0.2, 0) is 109 Å². The maximum atomic E-state index is 12.8. The van der Waals surface area contributed by atoms with Crippen molar-refractivity contribution in [3.63, 3.8) is 0 Å². The third-order valence-electron chi connectivity index (χ3n) is 8.87. The number of hydrogen-bond donors (Lipinski definition) is 1. The first-order chi connectivity index (χ1) is 29.2. The molecule has 15 unspecified atom stereocenters. The number of carbonyl (C=O) groups excluding carboxylic acids is 8. The molecule has 0 bridgehead atoms. The van der Waals surface area contributed by atoms with Crippen molar-refractivity contribution < 1.29 is 115 Å². The molecule has 3 aliphatic heterocycles. The van der Waals surface area contributed by atoms with E-state index >= 15 is 0 Å². The number of hydrogen-bond acceptors (Lipinski definition) is 24. The van der Waals surface area contributed by atoms with E-state index in [0.717, 1.165) is 55.4 Å². The first kappa shape index (κ1) is 51.5. The van der Waals surface area contributed by atoms with Gasteiger partial charge in [-0.1, -0.05) is 6.08 Å². The van der Waals surface area contributed by atoms with Crippen LogP contribution >= 0.6 is 0 Å². The molecular formula is C38H54O24. The van der Waals surface area contributed by atoms with Gasteiger partial charge < -0.3 is 76.2 Å². The summed E-state index contributed by atoms with van der Waals surface area (Å²) >= 11 is 0. The van der Waals surface area contributed by atoms with Crippen LogP contribution in [0.3, 0.4) is 0 Å². The Morgan fingerprint density at radius 3 is 1.29 bits per heavy atom. The summed E-state index contributed by atoms with van der Waals surface area (Å²) in [6, 6.07) is 0. The molecule has 0 aromatic rings. The zero-order chi connectivity index (χ0) is 46.4. The molecule has 0 radical (unpaired) electrons. The molecule has 3 fully saturated rings. The van der Waals surface area contributed by atoms with Gasteiger partial charge in [0.05, 0.1) is 19.8 Å². The van der Waals surface area contributed by atoms with Crippen molar-refractivity contribution in [3.05, 3.63) is 12.7 Å². The fourth-order valence-electron chi connectivity index (χ4n) is 6.83. The second-order valence-corrected chi connectivity index (χ2v) is 13.9. The zero-order valence-electron chi connectivity index (χ0n) is 35.6. The number of rotatable bonds is 19. The second-order valence-electron chi connectivity index (χ2n) is 13.9. The van der Waals surface area contributed by atoms with Gasteiger partial charge in [0.1, 0.15) is 37.1 Å². The molecule has 24 heteroatoms. The summed E-state index contributed by atoms with van der Waals surface area (Å²) in [7, 11) is 1.23. The monoisotopic (exact) mass is 894 g/mol. The smallest absolute Gasteiger partial charge is 0.303 e. The lowest BCUT2D eigenvalue weighted by Crippen LogP contribution is -2.67. The molecule has 15 atom stereocenters. The Hall–Kier alpha value is -4.82. The van der Waals surface area contributed by atoms with Gasteiger partial charge in [-0.3, -0.25) is 38.4 Å². The molecule has 0 saturated carbocycles. The fraction of sp³-hybridized carbons (Fsp3) is 0.737. The SMILES string of the molecule is C=CCOC1C(OC)OC(COC2OC(COC(C)=O)C(OC(C)=O)C(OC(C)=O)C2OC(C)=O)C(OC(C)=O)C1OC1OC(CO)C(OC(C)=O)C(OC(C)=O)C1OC(C)=O. The van der Waals surface area contributed by atoms with Crippen LogP contribution in [0.25, 0.3) is 0 Å². The van der Waals surface area contributed by atoms with E-state index in [1.54, 1.807) is 0 Å². The van der Waals surface area contributed by atoms with E-state index in [1.807, 2.05) is 0 Å². The maximum Gasteiger partial charge on any atom is 0.303 e. The van der Waals surface area contributed by atoms with Crippen LogP contribution in [0.1, 0.15) is 55.4 Å². The standard InChI is InChI=1S/C38H54O24/c1-11-12-49-33-30(62-38-35(58-23(9)47)31(55-20(6)44)27(52-17(3)41)24(13-39)59-38)28(53-18(4)42)26(60-36(33)48-10)15-51-37-34(57-22(8)46)32(56-21(7)45)29(54-19(5)43)25(61-37)14-50-16(2)40/h11,24-39H,1,12-15H2,2-10H3. The lowest BCUT2D eigenvalue weighted by atomic mass is 9.95. The van der Waals surface area contributed by atoms with Gasteiger partial charge in [0.15, 0.2) is 61.6 Å². The van der Waals surface area contributed by atoms with Gasteiger partial charge in [0.2, 0.25) is 0 Å². The molecule has 0 aromatic carbocycles. The summed E-state index contributed by atoms with van der Waals surface area (Å²) in [6.07, 6.45) is -22.0. The molecule has 24 nitrogen and oxygen atoms in total. The number of carbonyl (C=O) groups is 8. The van der Waals surface area contributed by atoms with Crippen molar-refractivity contribution in [2.45, 2.75) is 148 Å². The van der Waals surface area contributed by atoms with E-state index in [2.05, 4.69) is 6.58 Å². The van der Waals surface area contributed by atoms with Crippen molar-refractivity contribution in [1.29, 1.82) is 0 Å². The Morgan fingerprint density at radius 2 is 0.855 bits per heavy atom. The Morgan fingerprint density at radius 1 is 0.468 bits per heavy atom. The van der Waals surface area contributed by atoms with Gasteiger partial charge in [-0.2, -0.15) is 0 Å². The molecule has 0 spiro atoms. The minimum absolute atomic E-state index is 0.171. The van der Waals surface area contributed by atoms with Crippen LogP contribution in [-0.4, -0.2) is 179 Å². The lowest BCUT2D eigenvalue weighted by molar-refractivity contribution is -0.368. The highest BCUT2D eigenvalue weighted by Gasteiger charge is 2.58. The van der Waals surface area contributed by atoms with Gasteiger partial charge in [0, 0.05) is 62.5 Å². The normalized spacial score (nSPS) is 33.1. The maximum absolute atomic E-state index is 12.8. The van der Waals surface area contributed by atoms with Crippen molar-refractivity contribution in [2.24, 2.45) is 0 Å². The summed E-state index contributed by atoms with van der Waals surface area (Å²) in [5.74, 6) is -7.03. The van der Waals surface area contributed by atoms with Crippen LogP contribution < -0.4 is 0 Å². The van der Waals surface area contributed by atoms with Crippen molar-refractivity contribution in [2.75, 3.05) is 33.5 Å². The van der Waals surface area contributed by atoms with E-state index in [9.17, 15) is 43.5 Å². The van der Waals surface area contributed by atoms with Crippen LogP contribution in [0.5, 0.6) is 0 Å². The molecule has 350 valence electrons. The molecule has 3 rings (SSSR count). The minimum atomic E-state index is -1.80. The topological polar surface area (TPSA) is 295 Å². The van der Waals surface area contributed by atoms with Crippen LogP contribution in [0.2, 0.25) is 0 Å². The highest BCUT2D eigenvalue weighted by Crippen LogP contribution is 2.36. The Balaban J connectivity index is 2.15. The first-order valence-electron chi connectivity index (χ1n) is 19.1. The van der Waals surface area contributed by atoms with E-state index in [4.69, 9.17) is 71.1 Å². The highest BCUT2D eigenvalue weighted by molar-refractivity contribution is 5.70. The third kappa shape index (κ3) is 14.6. The van der Waals surface area contributed by atoms with Crippen molar-refractivity contribution in [3.8, 4) is 0 Å². The largest absolute Gasteiger partial charge is 0.463 e. The number of ether oxygens (including phenoxy) is 15. The molecule has 3 heterocycles. The fourth-order valence-corrected chi connectivity index (χ4v) is 6.83. The molecule has 62 heavy (non-hydrogen) atoms. The number of aliphatic hydroxyl groups excluding tert-OH is 1. The van der Waals surface area contributed by atoms with Crippen LogP contribution in [0.15, 0.2) is 12.7 Å². The summed E-state index contributed by atoms with van der Waals surface area (Å²) in [5.41, 5.74) is 0. The highest BCUT2D eigenvalue weighted by atomic mass is 16.8. The predicted octanol–water partition coefficient (Wildman–Crippen LogP) is -1.14. The first-order valence-corrected chi connectivity index (χ1v) is 19.1. The number of esters is 8. The van der Waals surface area contributed by atoms with E-state index < -0.39 is 160 Å². The molecule has 3 aliphatic rings. The Labute approximate surface area is 355 Å². The summed E-state index contributed by atoms with van der Waals surface area (Å²) in [4.78, 5) is 98.6. The zero-order valence-corrected chi connectivity index (χ0v) is 35.6. The average molecular weight is 895 g/mol. The second kappa shape index (κ2) is 24.1. The van der Waals surface area contributed by atoms with Gasteiger partial charge in [0.25, 0.3) is 0 Å². The van der Waals surface area contributed by atoms with E-state index in [0.29, 0.717) is 0 Å². The van der Waals surface area contributed by atoms with Crippen LogP contribution in [0, 0.1) is 0 Å². The Kier molecular flexibility index (Phi) is 20.1. The molecule has 3 saturated heterocycles. The Bertz CT molecular complexity index is 1600.